The van der Waals surface area contributed by atoms with Crippen LogP contribution in [0.5, 0.6) is 5.75 Å². The SMILES string of the molecule is CC(=O)Oc1ccc(C=C2C(=O)NC(=O)NC2=O)cc1Br. The van der Waals surface area contributed by atoms with E-state index in [1.807, 2.05) is 10.6 Å². The Kier molecular flexibility index (Phi) is 4.18. The number of carbonyl (C=O) groups excluding carboxylic acids is 4. The molecule has 1 fully saturated rings. The first-order valence-corrected chi connectivity index (χ1v) is 6.52. The van der Waals surface area contributed by atoms with E-state index in [1.165, 1.54) is 19.1 Å². The van der Waals surface area contributed by atoms with Crippen molar-refractivity contribution in [2.24, 2.45) is 0 Å². The molecule has 1 aliphatic rings. The van der Waals surface area contributed by atoms with Crippen molar-refractivity contribution < 1.29 is 23.9 Å². The summed E-state index contributed by atoms with van der Waals surface area (Å²) in [5.41, 5.74) is 0.328. The van der Waals surface area contributed by atoms with Crippen LogP contribution in [0.2, 0.25) is 0 Å². The Labute approximate surface area is 127 Å². The molecule has 0 spiro atoms. The average molecular weight is 353 g/mol. The summed E-state index contributed by atoms with van der Waals surface area (Å²) in [4.78, 5) is 45.0. The third kappa shape index (κ3) is 3.54. The Bertz CT molecular complexity index is 674. The van der Waals surface area contributed by atoms with E-state index in [-0.39, 0.29) is 5.57 Å². The average Bonchev–Trinajstić information content (AvgIpc) is 2.36. The Morgan fingerprint density at radius 3 is 2.33 bits per heavy atom. The number of nitrogens with one attached hydrogen (secondary N) is 2. The van der Waals surface area contributed by atoms with E-state index >= 15 is 0 Å². The molecule has 8 heteroatoms. The second-order valence-corrected chi connectivity index (χ2v) is 4.93. The number of urea groups is 1. The predicted molar refractivity (Wildman–Crippen MR) is 75.1 cm³/mol. The van der Waals surface area contributed by atoms with Crippen molar-refractivity contribution in [3.05, 3.63) is 33.8 Å². The first-order chi connectivity index (χ1) is 9.86. The van der Waals surface area contributed by atoms with Crippen molar-refractivity contribution in [2.45, 2.75) is 6.92 Å². The van der Waals surface area contributed by atoms with Gasteiger partial charge in [-0.25, -0.2) is 4.79 Å². The van der Waals surface area contributed by atoms with Crippen molar-refractivity contribution in [3.63, 3.8) is 0 Å². The number of amides is 4. The van der Waals surface area contributed by atoms with Gasteiger partial charge in [0.1, 0.15) is 11.3 Å². The van der Waals surface area contributed by atoms with Gasteiger partial charge in [-0.1, -0.05) is 6.07 Å². The zero-order chi connectivity index (χ0) is 15.6. The second-order valence-electron chi connectivity index (χ2n) is 4.08. The van der Waals surface area contributed by atoms with Crippen LogP contribution >= 0.6 is 15.9 Å². The lowest BCUT2D eigenvalue weighted by Crippen LogP contribution is -2.51. The van der Waals surface area contributed by atoms with Crippen molar-refractivity contribution in [2.75, 3.05) is 0 Å². The van der Waals surface area contributed by atoms with E-state index < -0.39 is 23.8 Å². The number of hydrogen-bond donors (Lipinski definition) is 2. The van der Waals surface area contributed by atoms with Crippen LogP contribution in [-0.4, -0.2) is 23.8 Å². The number of carbonyl (C=O) groups is 4. The van der Waals surface area contributed by atoms with Crippen LogP contribution < -0.4 is 15.4 Å². The highest BCUT2D eigenvalue weighted by atomic mass is 79.9. The van der Waals surface area contributed by atoms with Gasteiger partial charge in [0.05, 0.1) is 4.47 Å². The molecule has 1 aliphatic heterocycles. The van der Waals surface area contributed by atoms with Crippen LogP contribution in [0.15, 0.2) is 28.2 Å². The van der Waals surface area contributed by atoms with Crippen LogP contribution in [0.4, 0.5) is 4.79 Å². The fourth-order valence-corrected chi connectivity index (χ4v) is 2.09. The molecule has 0 radical (unpaired) electrons. The van der Waals surface area contributed by atoms with E-state index in [1.54, 1.807) is 12.1 Å². The predicted octanol–water partition coefficient (Wildman–Crippen LogP) is 1.12. The first-order valence-electron chi connectivity index (χ1n) is 5.73. The largest absolute Gasteiger partial charge is 0.426 e. The summed E-state index contributed by atoms with van der Waals surface area (Å²) in [6.45, 7) is 1.27. The van der Waals surface area contributed by atoms with Crippen molar-refractivity contribution in [1.82, 2.24) is 10.6 Å². The molecule has 0 aliphatic carbocycles. The number of imide groups is 2. The second kappa shape index (κ2) is 5.88. The highest BCUT2D eigenvalue weighted by molar-refractivity contribution is 9.10. The fourth-order valence-electron chi connectivity index (χ4n) is 1.62. The summed E-state index contributed by atoms with van der Waals surface area (Å²) in [6.07, 6.45) is 1.32. The highest BCUT2D eigenvalue weighted by Crippen LogP contribution is 2.27. The quantitative estimate of drug-likeness (QED) is 0.359. The molecule has 2 rings (SSSR count). The van der Waals surface area contributed by atoms with Gasteiger partial charge in [-0.05, 0) is 39.7 Å². The molecule has 1 aromatic carbocycles. The number of barbiturate groups is 1. The van der Waals surface area contributed by atoms with Gasteiger partial charge in [0, 0.05) is 6.92 Å². The zero-order valence-electron chi connectivity index (χ0n) is 10.7. The minimum atomic E-state index is -0.853. The monoisotopic (exact) mass is 352 g/mol. The van der Waals surface area contributed by atoms with Crippen LogP contribution in [-0.2, 0) is 14.4 Å². The maximum Gasteiger partial charge on any atom is 0.328 e. The van der Waals surface area contributed by atoms with Gasteiger partial charge in [0.15, 0.2) is 0 Å². The Hall–Kier alpha value is -2.48. The summed E-state index contributed by atoms with van der Waals surface area (Å²) in [5, 5.41) is 3.95. The lowest BCUT2D eigenvalue weighted by molar-refractivity contribution is -0.132. The summed E-state index contributed by atoms with van der Waals surface area (Å²) in [7, 11) is 0. The van der Waals surface area contributed by atoms with Gasteiger partial charge in [-0.2, -0.15) is 0 Å². The van der Waals surface area contributed by atoms with E-state index in [0.29, 0.717) is 15.8 Å². The molecular weight excluding hydrogens is 344 g/mol. The Balaban J connectivity index is 2.30. The molecule has 108 valence electrons. The minimum Gasteiger partial charge on any atom is -0.426 e. The van der Waals surface area contributed by atoms with Crippen molar-refractivity contribution in [1.29, 1.82) is 0 Å². The molecule has 2 N–H and O–H groups in total. The normalized spacial score (nSPS) is 14.4. The maximum atomic E-state index is 11.6. The summed E-state index contributed by atoms with van der Waals surface area (Å²) >= 11 is 3.22. The maximum absolute atomic E-state index is 11.6. The molecule has 1 aromatic rings. The third-order valence-corrected chi connectivity index (χ3v) is 3.08. The molecule has 0 unspecified atom stereocenters. The molecule has 0 aromatic heterocycles. The molecule has 0 bridgehead atoms. The standard InChI is InChI=1S/C13H9BrN2O5/c1-6(17)21-10-3-2-7(5-9(10)14)4-8-11(18)15-13(20)16-12(8)19/h2-5H,1H3,(H2,15,16,18,19,20). The number of benzene rings is 1. The van der Waals surface area contributed by atoms with Gasteiger partial charge < -0.3 is 4.74 Å². The van der Waals surface area contributed by atoms with Gasteiger partial charge >= 0.3 is 12.0 Å². The Morgan fingerprint density at radius 2 is 1.81 bits per heavy atom. The lowest BCUT2D eigenvalue weighted by atomic mass is 10.1. The summed E-state index contributed by atoms with van der Waals surface area (Å²) in [5.74, 6) is -1.70. The molecule has 4 amide bonds. The zero-order valence-corrected chi connectivity index (χ0v) is 12.3. The number of ether oxygens (including phenoxy) is 1. The van der Waals surface area contributed by atoms with Gasteiger partial charge in [-0.3, -0.25) is 25.0 Å². The highest BCUT2D eigenvalue weighted by Gasteiger charge is 2.27. The smallest absolute Gasteiger partial charge is 0.328 e. The number of rotatable bonds is 2. The number of hydrogen-bond acceptors (Lipinski definition) is 5. The number of halogens is 1. The Morgan fingerprint density at radius 1 is 1.19 bits per heavy atom. The fraction of sp³-hybridized carbons (Fsp3) is 0.0769. The van der Waals surface area contributed by atoms with Crippen molar-refractivity contribution in [3.8, 4) is 5.75 Å². The van der Waals surface area contributed by atoms with Crippen LogP contribution in [0, 0.1) is 0 Å². The molecule has 7 nitrogen and oxygen atoms in total. The first kappa shape index (κ1) is 14.9. The van der Waals surface area contributed by atoms with Crippen molar-refractivity contribution >= 4 is 45.8 Å². The van der Waals surface area contributed by atoms with Gasteiger partial charge in [0.25, 0.3) is 11.8 Å². The minimum absolute atomic E-state index is 0.193. The lowest BCUT2D eigenvalue weighted by Gasteiger charge is -2.14. The molecule has 1 saturated heterocycles. The van der Waals surface area contributed by atoms with Gasteiger partial charge in [0.2, 0.25) is 0 Å². The molecule has 0 saturated carbocycles. The van der Waals surface area contributed by atoms with Crippen LogP contribution in [0.3, 0.4) is 0 Å². The van der Waals surface area contributed by atoms with E-state index in [2.05, 4.69) is 15.9 Å². The number of esters is 1. The topological polar surface area (TPSA) is 102 Å². The molecule has 21 heavy (non-hydrogen) atoms. The molecular formula is C13H9BrN2O5. The van der Waals surface area contributed by atoms with Crippen LogP contribution in [0.1, 0.15) is 12.5 Å². The molecule has 0 atom stereocenters. The van der Waals surface area contributed by atoms with E-state index in [9.17, 15) is 19.2 Å². The van der Waals surface area contributed by atoms with E-state index in [4.69, 9.17) is 4.74 Å². The third-order valence-electron chi connectivity index (χ3n) is 2.46. The summed E-state index contributed by atoms with van der Waals surface area (Å²) < 4.78 is 5.42. The van der Waals surface area contributed by atoms with E-state index in [0.717, 1.165) is 0 Å². The molecule has 1 heterocycles. The summed E-state index contributed by atoms with van der Waals surface area (Å²) in [6, 6.07) is 3.80. The van der Waals surface area contributed by atoms with Gasteiger partial charge in [-0.15, -0.1) is 0 Å². The van der Waals surface area contributed by atoms with Crippen LogP contribution in [0.25, 0.3) is 6.08 Å².